The third-order valence-electron chi connectivity index (χ3n) is 1.87. The largest absolute Gasteiger partial charge is 0.481 e. The first-order chi connectivity index (χ1) is 6.02. The topological polar surface area (TPSA) is 37.3 Å². The van der Waals surface area contributed by atoms with Crippen LogP contribution in [0.4, 0.5) is 0 Å². The van der Waals surface area contributed by atoms with Crippen molar-refractivity contribution in [2.75, 3.05) is 18.3 Å². The van der Waals surface area contributed by atoms with E-state index in [4.69, 9.17) is 5.11 Å². The second-order valence-electron chi connectivity index (χ2n) is 3.39. The smallest absolute Gasteiger partial charge is 0.312 e. The van der Waals surface area contributed by atoms with Gasteiger partial charge >= 0.3 is 5.97 Å². The highest BCUT2D eigenvalue weighted by atomic mass is 32.3. The third kappa shape index (κ3) is 2.77. The average Bonchev–Trinajstić information content (AvgIpc) is 2.04. The quantitative estimate of drug-likeness (QED) is 0.808. The number of hydrogen-bond donors (Lipinski definition) is 1. The van der Waals surface area contributed by atoms with Crippen LogP contribution >= 0.6 is 10.0 Å². The zero-order chi connectivity index (χ0) is 9.90. The Balaban J connectivity index is 2.87. The fourth-order valence-corrected chi connectivity index (χ4v) is 2.86. The van der Waals surface area contributed by atoms with Crippen molar-refractivity contribution in [1.29, 1.82) is 0 Å². The fraction of sp³-hybridized carbons (Fsp3) is 0.300. The van der Waals surface area contributed by atoms with Crippen molar-refractivity contribution in [2.24, 2.45) is 0 Å². The minimum atomic E-state index is -1.16. The minimum Gasteiger partial charge on any atom is -0.481 e. The van der Waals surface area contributed by atoms with Crippen LogP contribution in [0.1, 0.15) is 0 Å². The van der Waals surface area contributed by atoms with Gasteiger partial charge < -0.3 is 5.11 Å². The molecule has 1 rings (SSSR count). The Labute approximate surface area is 79.9 Å². The molecule has 2 nitrogen and oxygen atoms in total. The maximum atomic E-state index is 10.6. The van der Waals surface area contributed by atoms with Crippen LogP contribution in [0.25, 0.3) is 0 Å². The van der Waals surface area contributed by atoms with Gasteiger partial charge in [-0.25, -0.2) is 10.0 Å². The molecule has 0 aliphatic carbocycles. The molecule has 0 spiro atoms. The van der Waals surface area contributed by atoms with Gasteiger partial charge in [0.25, 0.3) is 0 Å². The second kappa shape index (κ2) is 3.83. The summed E-state index contributed by atoms with van der Waals surface area (Å²) in [6.45, 7) is 0. The normalized spacial score (nSPS) is 12.5. The molecule has 3 heteroatoms. The summed E-state index contributed by atoms with van der Waals surface area (Å²) in [5, 5.41) is 8.73. The van der Waals surface area contributed by atoms with Gasteiger partial charge in [0.15, 0.2) is 0 Å². The first kappa shape index (κ1) is 10.1. The van der Waals surface area contributed by atoms with Crippen molar-refractivity contribution >= 4 is 16.0 Å². The lowest BCUT2D eigenvalue weighted by molar-refractivity contribution is -0.133. The maximum absolute atomic E-state index is 10.6. The number of rotatable bonds is 3. The minimum absolute atomic E-state index is 0.247. The molecule has 1 aromatic rings. The summed E-state index contributed by atoms with van der Waals surface area (Å²) in [5.41, 5.74) is 0. The average molecular weight is 198 g/mol. The van der Waals surface area contributed by atoms with Crippen LogP contribution < -0.4 is 0 Å². The third-order valence-corrected chi connectivity index (χ3v) is 4.38. The molecule has 0 aliphatic heterocycles. The van der Waals surface area contributed by atoms with Crippen LogP contribution in [0.15, 0.2) is 35.2 Å². The van der Waals surface area contributed by atoms with Crippen molar-refractivity contribution in [2.45, 2.75) is 4.90 Å². The predicted octanol–water partition coefficient (Wildman–Crippen LogP) is 2.19. The Bertz CT molecular complexity index is 293. The zero-order valence-corrected chi connectivity index (χ0v) is 8.67. The SMILES string of the molecule is CS(C)(CC(=O)O)c1ccccc1. The number of aliphatic carboxylic acids is 1. The molecule has 0 fully saturated rings. The van der Waals surface area contributed by atoms with Crippen molar-refractivity contribution in [3.05, 3.63) is 30.3 Å². The van der Waals surface area contributed by atoms with Crippen LogP contribution in [0.2, 0.25) is 0 Å². The first-order valence-electron chi connectivity index (χ1n) is 4.00. The summed E-state index contributed by atoms with van der Waals surface area (Å²) in [7, 11) is -1.16. The van der Waals surface area contributed by atoms with E-state index in [1.54, 1.807) is 0 Å². The van der Waals surface area contributed by atoms with E-state index in [9.17, 15) is 4.79 Å². The number of carbonyl (C=O) groups is 1. The molecule has 1 N–H and O–H groups in total. The standard InChI is InChI=1S/C10H14O2S/c1-13(2,8-10(11)12)9-6-4-3-5-7-9/h3-7H,8H2,1-2H3,(H,11,12). The molecule has 0 atom stereocenters. The molecule has 0 aromatic heterocycles. The number of carboxylic acid groups (broad SMARTS) is 1. The van der Waals surface area contributed by atoms with E-state index in [0.717, 1.165) is 4.90 Å². The van der Waals surface area contributed by atoms with E-state index in [2.05, 4.69) is 0 Å². The van der Waals surface area contributed by atoms with Gasteiger partial charge in [0.1, 0.15) is 0 Å². The molecule has 0 radical (unpaired) electrons. The number of hydrogen-bond acceptors (Lipinski definition) is 1. The lowest BCUT2D eigenvalue weighted by Crippen LogP contribution is -2.11. The molecule has 13 heavy (non-hydrogen) atoms. The summed E-state index contributed by atoms with van der Waals surface area (Å²) >= 11 is 0. The van der Waals surface area contributed by atoms with E-state index in [-0.39, 0.29) is 5.75 Å². The Morgan fingerprint density at radius 1 is 1.31 bits per heavy atom. The second-order valence-corrected chi connectivity index (χ2v) is 7.23. The van der Waals surface area contributed by atoms with E-state index < -0.39 is 16.0 Å². The van der Waals surface area contributed by atoms with Crippen molar-refractivity contribution in [3.8, 4) is 0 Å². The van der Waals surface area contributed by atoms with Crippen molar-refractivity contribution in [1.82, 2.24) is 0 Å². The summed E-state index contributed by atoms with van der Waals surface area (Å²) in [6, 6.07) is 9.84. The molecule has 0 amide bonds. The van der Waals surface area contributed by atoms with E-state index >= 15 is 0 Å². The monoisotopic (exact) mass is 198 g/mol. The van der Waals surface area contributed by atoms with Crippen LogP contribution in [0, 0.1) is 0 Å². The Morgan fingerprint density at radius 3 is 2.31 bits per heavy atom. The van der Waals surface area contributed by atoms with Crippen LogP contribution in [0.5, 0.6) is 0 Å². The molecule has 0 unspecified atom stereocenters. The molecular formula is C10H14O2S. The van der Waals surface area contributed by atoms with Crippen LogP contribution in [-0.2, 0) is 4.79 Å². The lowest BCUT2D eigenvalue weighted by Gasteiger charge is -2.29. The molecule has 72 valence electrons. The van der Waals surface area contributed by atoms with Gasteiger partial charge in [-0.05, 0) is 17.4 Å². The lowest BCUT2D eigenvalue weighted by atomic mass is 10.4. The summed E-state index contributed by atoms with van der Waals surface area (Å²) in [6.07, 6.45) is 4.05. The molecule has 0 heterocycles. The van der Waals surface area contributed by atoms with E-state index in [0.29, 0.717) is 0 Å². The first-order valence-corrected chi connectivity index (χ1v) is 6.62. The molecule has 0 saturated heterocycles. The van der Waals surface area contributed by atoms with Gasteiger partial charge in [-0.15, -0.1) is 0 Å². The van der Waals surface area contributed by atoms with Gasteiger partial charge in [0.05, 0.1) is 5.75 Å². The number of benzene rings is 1. The Kier molecular flexibility index (Phi) is 2.98. The Morgan fingerprint density at radius 2 is 1.85 bits per heavy atom. The van der Waals surface area contributed by atoms with Gasteiger partial charge in [-0.1, -0.05) is 30.3 Å². The molecule has 0 aliphatic rings. The molecule has 0 bridgehead atoms. The van der Waals surface area contributed by atoms with Gasteiger partial charge in [-0.2, -0.15) is 0 Å². The molecule has 0 saturated carbocycles. The highest BCUT2D eigenvalue weighted by Gasteiger charge is 2.17. The predicted molar refractivity (Wildman–Crippen MR) is 56.6 cm³/mol. The number of carboxylic acids is 1. The fourth-order valence-electron chi connectivity index (χ4n) is 1.18. The van der Waals surface area contributed by atoms with Gasteiger partial charge in [-0.3, -0.25) is 4.79 Å². The van der Waals surface area contributed by atoms with Crippen molar-refractivity contribution in [3.63, 3.8) is 0 Å². The summed E-state index contributed by atoms with van der Waals surface area (Å²) in [5.74, 6) is -0.472. The maximum Gasteiger partial charge on any atom is 0.312 e. The van der Waals surface area contributed by atoms with Crippen molar-refractivity contribution < 1.29 is 9.90 Å². The zero-order valence-electron chi connectivity index (χ0n) is 7.86. The summed E-state index contributed by atoms with van der Waals surface area (Å²) in [4.78, 5) is 11.8. The van der Waals surface area contributed by atoms with Crippen LogP contribution in [0.3, 0.4) is 0 Å². The van der Waals surface area contributed by atoms with Crippen LogP contribution in [-0.4, -0.2) is 29.3 Å². The molecule has 1 aromatic carbocycles. The highest BCUT2D eigenvalue weighted by molar-refractivity contribution is 8.33. The van der Waals surface area contributed by atoms with E-state index in [1.165, 1.54) is 0 Å². The highest BCUT2D eigenvalue weighted by Crippen LogP contribution is 2.48. The molecular weight excluding hydrogens is 184 g/mol. The van der Waals surface area contributed by atoms with Gasteiger partial charge in [0, 0.05) is 0 Å². The van der Waals surface area contributed by atoms with E-state index in [1.807, 2.05) is 42.8 Å². The van der Waals surface area contributed by atoms with Gasteiger partial charge in [0.2, 0.25) is 0 Å². The Hall–Kier alpha value is -0.960. The summed E-state index contributed by atoms with van der Waals surface area (Å²) < 4.78 is 0.